The molecule has 0 spiro atoms. The van der Waals surface area contributed by atoms with Crippen LogP contribution in [-0.2, 0) is 0 Å². The Morgan fingerprint density at radius 2 is 2.00 bits per heavy atom. The van der Waals surface area contributed by atoms with E-state index in [1.54, 1.807) is 30.3 Å². The van der Waals surface area contributed by atoms with Crippen LogP contribution in [0.15, 0.2) is 30.3 Å². The lowest BCUT2D eigenvalue weighted by atomic mass is 10.2. The van der Waals surface area contributed by atoms with E-state index < -0.39 is 0 Å². The highest BCUT2D eigenvalue weighted by atomic mass is 35.5. The summed E-state index contributed by atoms with van der Waals surface area (Å²) in [6, 6.07) is 10.3. The fourth-order valence-electron chi connectivity index (χ4n) is 1.41. The van der Waals surface area contributed by atoms with E-state index in [0.29, 0.717) is 27.8 Å². The maximum Gasteiger partial charge on any atom is 0.149 e. The number of nitrogens with two attached hydrogens (primary N) is 2. The lowest BCUT2D eigenvalue weighted by Crippen LogP contribution is -2.01. The third-order valence-corrected chi connectivity index (χ3v) is 2.56. The Bertz CT molecular complexity index is 633. The average molecular weight is 260 g/mol. The number of nitriles is 1. The zero-order valence-corrected chi connectivity index (χ0v) is 10.1. The number of halogens is 1. The third-order valence-electron chi connectivity index (χ3n) is 2.32. The van der Waals surface area contributed by atoms with Crippen molar-refractivity contribution in [2.24, 2.45) is 0 Å². The number of benzene rings is 1. The summed E-state index contributed by atoms with van der Waals surface area (Å²) in [6.07, 6.45) is 0. The van der Waals surface area contributed by atoms with Gasteiger partial charge in [0, 0.05) is 5.02 Å². The maximum absolute atomic E-state index is 8.99. The van der Waals surface area contributed by atoms with Gasteiger partial charge in [0.25, 0.3) is 0 Å². The van der Waals surface area contributed by atoms with Gasteiger partial charge in [-0.3, -0.25) is 0 Å². The highest BCUT2D eigenvalue weighted by Crippen LogP contribution is 2.24. The Hall–Kier alpha value is -2.45. The van der Waals surface area contributed by atoms with E-state index in [1.807, 2.05) is 0 Å². The van der Waals surface area contributed by atoms with Crippen LogP contribution in [0.4, 0.5) is 23.0 Å². The number of hydrogen-bond acceptors (Lipinski definition) is 5. The zero-order valence-electron chi connectivity index (χ0n) is 9.31. The molecule has 0 saturated heterocycles. The Kier molecular flexibility index (Phi) is 3.22. The minimum Gasteiger partial charge on any atom is -0.396 e. The normalized spacial score (nSPS) is 9.78. The first-order valence-corrected chi connectivity index (χ1v) is 5.46. The lowest BCUT2D eigenvalue weighted by molar-refractivity contribution is 1.31. The third kappa shape index (κ3) is 2.44. The lowest BCUT2D eigenvalue weighted by Gasteiger charge is -2.09. The van der Waals surface area contributed by atoms with E-state index in [-0.39, 0.29) is 5.82 Å². The number of anilines is 4. The predicted molar refractivity (Wildman–Crippen MR) is 72.5 cm³/mol. The van der Waals surface area contributed by atoms with Crippen LogP contribution < -0.4 is 16.8 Å². The minimum atomic E-state index is 0.237. The Morgan fingerprint density at radius 1 is 1.22 bits per heavy atom. The van der Waals surface area contributed by atoms with Crippen LogP contribution in [0.3, 0.4) is 0 Å². The molecule has 0 aliphatic carbocycles. The molecule has 2 aromatic rings. The monoisotopic (exact) mass is 259 g/mol. The number of pyridine rings is 1. The van der Waals surface area contributed by atoms with Crippen LogP contribution in [0.1, 0.15) is 5.56 Å². The van der Waals surface area contributed by atoms with E-state index in [2.05, 4.69) is 16.4 Å². The zero-order chi connectivity index (χ0) is 13.1. The van der Waals surface area contributed by atoms with Crippen molar-refractivity contribution in [1.82, 2.24) is 4.98 Å². The van der Waals surface area contributed by atoms with Crippen LogP contribution in [0.25, 0.3) is 0 Å². The molecule has 0 unspecified atom stereocenters. The summed E-state index contributed by atoms with van der Waals surface area (Å²) >= 11 is 5.88. The molecule has 0 amide bonds. The maximum atomic E-state index is 8.99. The molecule has 90 valence electrons. The number of nitrogen functional groups attached to an aromatic ring is 2. The molecule has 0 fully saturated rings. The van der Waals surface area contributed by atoms with Crippen molar-refractivity contribution in [1.29, 1.82) is 5.26 Å². The fourth-order valence-corrected chi connectivity index (χ4v) is 1.58. The molecule has 18 heavy (non-hydrogen) atoms. The molecule has 0 radical (unpaired) electrons. The van der Waals surface area contributed by atoms with Gasteiger partial charge >= 0.3 is 0 Å². The Balaban J connectivity index is 2.36. The average Bonchev–Trinajstić information content (AvgIpc) is 2.34. The topological polar surface area (TPSA) is 101 Å². The number of nitrogens with one attached hydrogen (secondary N) is 1. The SMILES string of the molecule is N#Cc1ccc(Cl)cc1Nc1ccc(N)c(N)n1. The molecule has 0 aliphatic rings. The molecule has 5 nitrogen and oxygen atoms in total. The van der Waals surface area contributed by atoms with Crippen LogP contribution in [0.5, 0.6) is 0 Å². The van der Waals surface area contributed by atoms with Crippen molar-refractivity contribution >= 4 is 34.6 Å². The summed E-state index contributed by atoms with van der Waals surface area (Å²) < 4.78 is 0. The van der Waals surface area contributed by atoms with Crippen molar-refractivity contribution in [2.45, 2.75) is 0 Å². The second-order valence-electron chi connectivity index (χ2n) is 3.60. The number of nitrogens with zero attached hydrogens (tertiary/aromatic N) is 2. The molecule has 2 rings (SSSR count). The van der Waals surface area contributed by atoms with E-state index >= 15 is 0 Å². The molecule has 0 aliphatic heterocycles. The van der Waals surface area contributed by atoms with Gasteiger partial charge in [0.1, 0.15) is 17.7 Å². The van der Waals surface area contributed by atoms with Gasteiger partial charge in [-0.2, -0.15) is 5.26 Å². The molecular weight excluding hydrogens is 250 g/mol. The molecule has 5 N–H and O–H groups in total. The quantitative estimate of drug-likeness (QED) is 0.769. The van der Waals surface area contributed by atoms with Crippen molar-refractivity contribution < 1.29 is 0 Å². The highest BCUT2D eigenvalue weighted by Gasteiger charge is 2.05. The Morgan fingerprint density at radius 3 is 2.67 bits per heavy atom. The number of rotatable bonds is 2. The summed E-state index contributed by atoms with van der Waals surface area (Å²) in [4.78, 5) is 4.06. The number of aromatic nitrogens is 1. The molecular formula is C12H10ClN5. The summed E-state index contributed by atoms with van der Waals surface area (Å²) in [5, 5.41) is 12.5. The van der Waals surface area contributed by atoms with Gasteiger partial charge in [0.05, 0.1) is 16.9 Å². The first kappa shape index (κ1) is 12.0. The minimum absolute atomic E-state index is 0.237. The summed E-state index contributed by atoms with van der Waals surface area (Å²) in [5.74, 6) is 0.737. The van der Waals surface area contributed by atoms with Gasteiger partial charge in [0.2, 0.25) is 0 Å². The summed E-state index contributed by atoms with van der Waals surface area (Å²) in [7, 11) is 0. The fraction of sp³-hybridized carbons (Fsp3) is 0. The van der Waals surface area contributed by atoms with Gasteiger partial charge < -0.3 is 16.8 Å². The molecule has 1 heterocycles. The van der Waals surface area contributed by atoms with Gasteiger partial charge in [-0.15, -0.1) is 0 Å². The molecule has 0 bridgehead atoms. The van der Waals surface area contributed by atoms with Crippen molar-refractivity contribution in [3.8, 4) is 6.07 Å². The molecule has 1 aromatic heterocycles. The highest BCUT2D eigenvalue weighted by molar-refractivity contribution is 6.30. The standard InChI is InChI=1S/C12H10ClN5/c13-8-2-1-7(6-14)10(5-8)17-11-4-3-9(15)12(16)18-11/h1-5H,15H2,(H3,16,17,18). The molecule has 0 atom stereocenters. The molecule has 6 heteroatoms. The summed E-state index contributed by atoms with van der Waals surface area (Å²) in [5.41, 5.74) is 12.6. The summed E-state index contributed by atoms with van der Waals surface area (Å²) in [6.45, 7) is 0. The van der Waals surface area contributed by atoms with Gasteiger partial charge in [-0.1, -0.05) is 11.6 Å². The second kappa shape index (κ2) is 4.82. The second-order valence-corrected chi connectivity index (χ2v) is 4.03. The Labute approximate surface area is 109 Å². The van der Waals surface area contributed by atoms with Crippen LogP contribution in [0.2, 0.25) is 5.02 Å². The smallest absolute Gasteiger partial charge is 0.149 e. The van der Waals surface area contributed by atoms with Gasteiger partial charge in [-0.25, -0.2) is 4.98 Å². The largest absolute Gasteiger partial charge is 0.396 e. The van der Waals surface area contributed by atoms with E-state index in [0.717, 1.165) is 0 Å². The first-order chi connectivity index (χ1) is 8.60. The first-order valence-electron chi connectivity index (χ1n) is 5.09. The van der Waals surface area contributed by atoms with E-state index in [4.69, 9.17) is 28.3 Å². The van der Waals surface area contributed by atoms with Gasteiger partial charge in [0.15, 0.2) is 0 Å². The molecule has 1 aromatic carbocycles. The van der Waals surface area contributed by atoms with Gasteiger partial charge in [-0.05, 0) is 30.3 Å². The number of hydrogen-bond donors (Lipinski definition) is 3. The van der Waals surface area contributed by atoms with Crippen LogP contribution in [0, 0.1) is 11.3 Å². The van der Waals surface area contributed by atoms with Crippen molar-refractivity contribution in [3.05, 3.63) is 40.9 Å². The predicted octanol–water partition coefficient (Wildman–Crippen LogP) is 2.51. The van der Waals surface area contributed by atoms with E-state index in [9.17, 15) is 0 Å². The molecule has 0 saturated carbocycles. The van der Waals surface area contributed by atoms with Crippen molar-refractivity contribution in [3.63, 3.8) is 0 Å². The van der Waals surface area contributed by atoms with E-state index in [1.165, 1.54) is 0 Å². The van der Waals surface area contributed by atoms with Crippen LogP contribution >= 0.6 is 11.6 Å². The van der Waals surface area contributed by atoms with Crippen LogP contribution in [-0.4, -0.2) is 4.98 Å². The van der Waals surface area contributed by atoms with Crippen molar-refractivity contribution in [2.75, 3.05) is 16.8 Å².